The fourth-order valence-corrected chi connectivity index (χ4v) is 5.12. The third-order valence-electron chi connectivity index (χ3n) is 6.96. The number of benzene rings is 1. The summed E-state index contributed by atoms with van der Waals surface area (Å²) in [5.74, 6) is -1.06. The smallest absolute Gasteiger partial charge is 0.336 e. The van der Waals surface area contributed by atoms with Crippen molar-refractivity contribution in [2.24, 2.45) is 11.7 Å². The molecule has 0 bridgehead atoms. The Morgan fingerprint density at radius 3 is 2.29 bits per heavy atom. The Hall–Kier alpha value is -3.16. The normalized spacial score (nSPS) is 18.1. The van der Waals surface area contributed by atoms with E-state index in [-0.39, 0.29) is 23.8 Å². The third kappa shape index (κ3) is 6.10. The van der Waals surface area contributed by atoms with Crippen molar-refractivity contribution >= 4 is 17.7 Å². The number of primary amides is 1. The van der Waals surface area contributed by atoms with E-state index in [1.807, 2.05) is 0 Å². The van der Waals surface area contributed by atoms with Gasteiger partial charge in [0, 0.05) is 28.9 Å². The van der Waals surface area contributed by atoms with E-state index < -0.39 is 22.8 Å². The van der Waals surface area contributed by atoms with Crippen LogP contribution in [-0.4, -0.2) is 28.4 Å². The van der Waals surface area contributed by atoms with Gasteiger partial charge in [-0.15, -0.1) is 0 Å². The Kier molecular flexibility index (Phi) is 9.07. The maximum absolute atomic E-state index is 13.5. The van der Waals surface area contributed by atoms with Crippen LogP contribution in [0.5, 0.6) is 0 Å². The Morgan fingerprint density at radius 1 is 1.06 bits per heavy atom. The highest BCUT2D eigenvalue weighted by molar-refractivity contribution is 5.94. The first-order chi connectivity index (χ1) is 16.8. The molecule has 2 N–H and O–H groups in total. The van der Waals surface area contributed by atoms with Gasteiger partial charge in [0.15, 0.2) is 0 Å². The van der Waals surface area contributed by atoms with Crippen LogP contribution < -0.4 is 5.73 Å². The summed E-state index contributed by atoms with van der Waals surface area (Å²) < 4.78 is 5.68. The van der Waals surface area contributed by atoms with Crippen molar-refractivity contribution in [1.82, 2.24) is 4.90 Å². The Morgan fingerprint density at radius 2 is 1.69 bits per heavy atom. The summed E-state index contributed by atoms with van der Waals surface area (Å²) in [6.45, 7) is 5.91. The largest absolute Gasteiger partial charge is 0.462 e. The van der Waals surface area contributed by atoms with Crippen molar-refractivity contribution in [2.45, 2.75) is 84.5 Å². The molecule has 0 radical (unpaired) electrons. The molecule has 0 saturated heterocycles. The van der Waals surface area contributed by atoms with Crippen LogP contribution in [0.15, 0.2) is 46.8 Å². The van der Waals surface area contributed by atoms with Gasteiger partial charge in [0.05, 0.1) is 17.1 Å². The number of para-hydroxylation sites is 1. The van der Waals surface area contributed by atoms with Crippen molar-refractivity contribution in [3.05, 3.63) is 62.5 Å². The molecule has 2 amide bonds. The molecule has 1 heterocycles. The minimum atomic E-state index is -0.684. The lowest BCUT2D eigenvalue weighted by molar-refractivity contribution is -0.385. The van der Waals surface area contributed by atoms with E-state index in [0.717, 1.165) is 37.7 Å². The number of nitro benzene ring substituents is 1. The van der Waals surface area contributed by atoms with Crippen molar-refractivity contribution in [3.8, 4) is 0 Å². The third-order valence-corrected chi connectivity index (χ3v) is 6.96. The van der Waals surface area contributed by atoms with Gasteiger partial charge in [-0.1, -0.05) is 63.6 Å². The molecular weight excluding hydrogens is 446 g/mol. The molecule has 1 aliphatic heterocycles. The molecule has 0 spiro atoms. The molecule has 8 nitrogen and oxygen atoms in total. The van der Waals surface area contributed by atoms with Gasteiger partial charge in [-0.2, -0.15) is 0 Å². The van der Waals surface area contributed by atoms with E-state index in [1.54, 1.807) is 32.0 Å². The molecule has 3 rings (SSSR count). The minimum Gasteiger partial charge on any atom is -0.462 e. The van der Waals surface area contributed by atoms with E-state index in [0.29, 0.717) is 17.0 Å². The molecular formula is C27H37N3O5. The second-order valence-electron chi connectivity index (χ2n) is 9.49. The number of nitrogens with two attached hydrogens (primary N) is 1. The number of urea groups is 1. The van der Waals surface area contributed by atoms with Crippen LogP contribution >= 0.6 is 0 Å². The van der Waals surface area contributed by atoms with Gasteiger partial charge < -0.3 is 10.5 Å². The standard InChI is InChI=1S/C27H37N3O5/c1-4-5-6-7-8-9-12-17-35-26(31)24-19(3)29(27(28)32)18(2)23(20-15-16-20)25(24)21-13-10-11-14-22(21)30(33)34/h10-11,13-14,20,25H,4-9,12,15-17H2,1-3H3,(H2,28,32). The van der Waals surface area contributed by atoms with Gasteiger partial charge in [0.2, 0.25) is 0 Å². The topological polar surface area (TPSA) is 116 Å². The van der Waals surface area contributed by atoms with Crippen LogP contribution in [0, 0.1) is 16.0 Å². The van der Waals surface area contributed by atoms with Gasteiger partial charge in [-0.25, -0.2) is 9.59 Å². The lowest BCUT2D eigenvalue weighted by Crippen LogP contribution is -2.39. The summed E-state index contributed by atoms with van der Waals surface area (Å²) >= 11 is 0. The molecule has 1 unspecified atom stereocenters. The van der Waals surface area contributed by atoms with Gasteiger partial charge in [-0.3, -0.25) is 15.0 Å². The predicted octanol–water partition coefficient (Wildman–Crippen LogP) is 6.32. The van der Waals surface area contributed by atoms with Crippen LogP contribution in [0.25, 0.3) is 0 Å². The zero-order valence-electron chi connectivity index (χ0n) is 21.0. The lowest BCUT2D eigenvalue weighted by atomic mass is 9.77. The summed E-state index contributed by atoms with van der Waals surface area (Å²) in [4.78, 5) is 38.6. The van der Waals surface area contributed by atoms with Crippen LogP contribution in [0.1, 0.15) is 90.0 Å². The van der Waals surface area contributed by atoms with Crippen LogP contribution in [0.3, 0.4) is 0 Å². The average molecular weight is 484 g/mol. The van der Waals surface area contributed by atoms with E-state index in [4.69, 9.17) is 10.5 Å². The monoisotopic (exact) mass is 483 g/mol. The van der Waals surface area contributed by atoms with E-state index in [2.05, 4.69) is 6.92 Å². The maximum atomic E-state index is 13.5. The molecule has 0 aromatic heterocycles. The fourth-order valence-electron chi connectivity index (χ4n) is 5.12. The molecule has 1 aliphatic carbocycles. The Balaban J connectivity index is 1.91. The van der Waals surface area contributed by atoms with Crippen molar-refractivity contribution in [3.63, 3.8) is 0 Å². The number of amides is 2. The SMILES string of the molecule is CCCCCCCCCOC(=O)C1=C(C)N(C(N)=O)C(C)=C(C2CC2)C1c1ccccc1[N+](=O)[O-]. The second-order valence-corrected chi connectivity index (χ2v) is 9.49. The van der Waals surface area contributed by atoms with Gasteiger partial charge in [-0.05, 0) is 44.6 Å². The quantitative estimate of drug-likeness (QED) is 0.161. The molecule has 8 heteroatoms. The van der Waals surface area contributed by atoms with Crippen molar-refractivity contribution < 1.29 is 19.2 Å². The van der Waals surface area contributed by atoms with Crippen LogP contribution in [-0.2, 0) is 9.53 Å². The summed E-state index contributed by atoms with van der Waals surface area (Å²) in [6.07, 6.45) is 9.46. The molecule has 1 saturated carbocycles. The van der Waals surface area contributed by atoms with Gasteiger partial charge in [0.1, 0.15) is 0 Å². The van der Waals surface area contributed by atoms with Crippen molar-refractivity contribution in [2.75, 3.05) is 6.61 Å². The van der Waals surface area contributed by atoms with Crippen LogP contribution in [0.4, 0.5) is 10.5 Å². The molecule has 190 valence electrons. The van der Waals surface area contributed by atoms with Crippen LogP contribution in [0.2, 0.25) is 0 Å². The first-order valence-corrected chi connectivity index (χ1v) is 12.7. The van der Waals surface area contributed by atoms with E-state index in [9.17, 15) is 19.7 Å². The van der Waals surface area contributed by atoms with E-state index in [1.165, 1.54) is 36.6 Å². The number of esters is 1. The Labute approximate surface area is 207 Å². The van der Waals surface area contributed by atoms with E-state index >= 15 is 0 Å². The molecule has 35 heavy (non-hydrogen) atoms. The highest BCUT2D eigenvalue weighted by Crippen LogP contribution is 2.53. The average Bonchev–Trinajstić information content (AvgIpc) is 3.65. The fraction of sp³-hybridized carbons (Fsp3) is 0.556. The highest BCUT2D eigenvalue weighted by atomic mass is 16.6. The minimum absolute atomic E-state index is 0.0545. The molecule has 1 atom stereocenters. The molecule has 1 aromatic carbocycles. The number of unbranched alkanes of at least 4 members (excludes halogenated alkanes) is 6. The number of allylic oxidation sites excluding steroid dienone is 3. The zero-order chi connectivity index (χ0) is 25.5. The van der Waals surface area contributed by atoms with Crippen molar-refractivity contribution in [1.29, 1.82) is 0 Å². The summed E-state index contributed by atoms with van der Waals surface area (Å²) in [5.41, 5.74) is 8.19. The first-order valence-electron chi connectivity index (χ1n) is 12.7. The number of nitro groups is 1. The summed E-state index contributed by atoms with van der Waals surface area (Å²) in [6, 6.07) is 5.81. The maximum Gasteiger partial charge on any atom is 0.336 e. The first kappa shape index (κ1) is 26.4. The number of rotatable bonds is 12. The highest BCUT2D eigenvalue weighted by Gasteiger charge is 2.45. The number of hydrogen-bond acceptors (Lipinski definition) is 5. The Bertz CT molecular complexity index is 1030. The lowest BCUT2D eigenvalue weighted by Gasteiger charge is -2.36. The summed E-state index contributed by atoms with van der Waals surface area (Å²) in [5, 5.41) is 11.9. The van der Waals surface area contributed by atoms with Gasteiger partial charge in [0.25, 0.3) is 5.69 Å². The second kappa shape index (κ2) is 12.0. The number of hydrogen-bond donors (Lipinski definition) is 1. The predicted molar refractivity (Wildman–Crippen MR) is 134 cm³/mol. The molecule has 1 fully saturated rings. The number of carbonyl (C=O) groups excluding carboxylic acids is 2. The number of ether oxygens (including phenoxy) is 1. The molecule has 2 aliphatic rings. The number of nitrogens with zero attached hydrogens (tertiary/aromatic N) is 2. The van der Waals surface area contributed by atoms with Gasteiger partial charge >= 0.3 is 12.0 Å². The zero-order valence-corrected chi connectivity index (χ0v) is 21.0. The summed E-state index contributed by atoms with van der Waals surface area (Å²) in [7, 11) is 0. The molecule has 1 aromatic rings. The number of carbonyl (C=O) groups is 2.